The summed E-state index contributed by atoms with van der Waals surface area (Å²) in [6.07, 6.45) is 0.232. The van der Waals surface area contributed by atoms with Gasteiger partial charge >= 0.3 is 12.2 Å². The highest BCUT2D eigenvalue weighted by molar-refractivity contribution is 6.01. The summed E-state index contributed by atoms with van der Waals surface area (Å²) in [7, 11) is 0. The Kier molecular flexibility index (Phi) is 11.2. The molecular weight excluding hydrogens is 568 g/mol. The van der Waals surface area contributed by atoms with Gasteiger partial charge in [0.1, 0.15) is 11.2 Å². The largest absolute Gasteiger partial charge is 0.444 e. The van der Waals surface area contributed by atoms with E-state index in [9.17, 15) is 19.2 Å². The van der Waals surface area contributed by atoms with Crippen molar-refractivity contribution >= 4 is 23.8 Å². The Morgan fingerprint density at radius 1 is 0.773 bits per heavy atom. The van der Waals surface area contributed by atoms with Crippen LogP contribution in [0.2, 0.25) is 0 Å². The van der Waals surface area contributed by atoms with Crippen molar-refractivity contribution in [2.75, 3.05) is 26.2 Å². The first-order valence-electron chi connectivity index (χ1n) is 14.8. The molecule has 2 heterocycles. The third kappa shape index (κ3) is 9.89. The number of hydrogen-bond acceptors (Lipinski definition) is 8. The van der Waals surface area contributed by atoms with Gasteiger partial charge in [0.2, 0.25) is 0 Å². The molecule has 0 spiro atoms. The number of nitrogens with zero attached hydrogens (tertiary/aromatic N) is 8. The first-order valence-corrected chi connectivity index (χ1v) is 14.8. The average Bonchev–Trinajstić information content (AvgIpc) is 3.52. The molecule has 0 N–H and O–H groups in total. The van der Waals surface area contributed by atoms with Gasteiger partial charge in [-0.15, -0.1) is 0 Å². The maximum absolute atomic E-state index is 13.3. The van der Waals surface area contributed by atoms with Crippen LogP contribution in [0.1, 0.15) is 87.9 Å². The fraction of sp³-hybridized carbons (Fsp3) is 0.667. The fourth-order valence-corrected chi connectivity index (χ4v) is 5.65. The monoisotopic (exact) mass is 610 g/mol. The molecule has 0 unspecified atom stereocenters. The van der Waals surface area contributed by atoms with Crippen molar-refractivity contribution in [3.8, 4) is 0 Å². The van der Waals surface area contributed by atoms with Crippen LogP contribution in [-0.2, 0) is 9.47 Å². The van der Waals surface area contributed by atoms with Crippen molar-refractivity contribution in [1.29, 1.82) is 0 Å². The number of hydrogen-bond donors (Lipinski definition) is 0. The number of rotatable bonds is 10. The summed E-state index contributed by atoms with van der Waals surface area (Å²) in [5, 5.41) is 7.27. The Morgan fingerprint density at radius 2 is 1.16 bits per heavy atom. The molecule has 3 rings (SSSR count). The Morgan fingerprint density at radius 3 is 1.50 bits per heavy atom. The topological polar surface area (TPSA) is 191 Å². The molecule has 14 nitrogen and oxygen atoms in total. The Hall–Kier alpha value is -4.28. The predicted octanol–water partition coefficient (Wildman–Crippen LogP) is 6.70. The van der Waals surface area contributed by atoms with Crippen LogP contribution in [-0.4, -0.2) is 83.0 Å². The average molecular weight is 611 g/mol. The van der Waals surface area contributed by atoms with Crippen molar-refractivity contribution in [1.82, 2.24) is 9.80 Å². The third-order valence-corrected chi connectivity index (χ3v) is 7.42. The van der Waals surface area contributed by atoms with Crippen molar-refractivity contribution < 1.29 is 28.7 Å². The molecule has 2 aliphatic heterocycles. The van der Waals surface area contributed by atoms with Crippen LogP contribution in [0.3, 0.4) is 0 Å². The SMILES string of the molecule is CC(C)(C)OC(=O)N1C[C@@H](CC(=O)c2cccc(C(=O)C[C@H]3C[C@@H](CN=[N+]=[N-])N(C(=O)OC(C)(C)C)C3)c2)C[C@H]1CN=[N+]=[N-]. The highest BCUT2D eigenvalue weighted by Crippen LogP contribution is 2.31. The van der Waals surface area contributed by atoms with Gasteiger partial charge in [0.25, 0.3) is 0 Å². The number of ketones is 2. The molecule has 0 bridgehead atoms. The number of azide groups is 2. The Balaban J connectivity index is 1.66. The van der Waals surface area contributed by atoms with Crippen LogP contribution in [0.4, 0.5) is 9.59 Å². The second-order valence-electron chi connectivity index (χ2n) is 13.4. The summed E-state index contributed by atoms with van der Waals surface area (Å²) in [6, 6.07) is 5.82. The van der Waals surface area contributed by atoms with Gasteiger partial charge in [-0.3, -0.25) is 9.59 Å². The lowest BCUT2D eigenvalue weighted by atomic mass is 9.92. The zero-order chi connectivity index (χ0) is 32.7. The minimum Gasteiger partial charge on any atom is -0.444 e. The summed E-state index contributed by atoms with van der Waals surface area (Å²) in [6.45, 7) is 11.4. The molecule has 1 aromatic rings. The van der Waals surface area contributed by atoms with Crippen LogP contribution < -0.4 is 0 Å². The standard InChI is InChI=1S/C30H42N8O6/c1-29(2,3)43-27(41)37-17-19(10-23(37)15-33-35-31)12-25(39)21-8-7-9-22(14-21)26(40)13-20-11-24(16-34-36-32)38(18-20)28(42)44-30(4,5)6/h7-9,14,19-20,23-24H,10-13,15-18H2,1-6H3/t19-,20-,23+,24+/m1/s1. The summed E-state index contributed by atoms with van der Waals surface area (Å²) in [4.78, 5) is 60.8. The number of ether oxygens (including phenoxy) is 2. The summed E-state index contributed by atoms with van der Waals surface area (Å²) >= 11 is 0. The maximum Gasteiger partial charge on any atom is 0.410 e. The number of amides is 2. The lowest BCUT2D eigenvalue weighted by Gasteiger charge is -2.28. The van der Waals surface area contributed by atoms with E-state index in [-0.39, 0.29) is 74.5 Å². The molecule has 0 saturated carbocycles. The Labute approximate surface area is 257 Å². The minimum absolute atomic E-state index is 0.0840. The number of carbonyl (C=O) groups is 4. The van der Waals surface area contributed by atoms with Gasteiger partial charge in [0.05, 0.1) is 0 Å². The van der Waals surface area contributed by atoms with Gasteiger partial charge < -0.3 is 19.3 Å². The van der Waals surface area contributed by atoms with Crippen LogP contribution >= 0.6 is 0 Å². The van der Waals surface area contributed by atoms with Crippen molar-refractivity contribution in [3.05, 3.63) is 56.3 Å². The van der Waals surface area contributed by atoms with E-state index in [1.165, 1.54) is 9.80 Å². The van der Waals surface area contributed by atoms with Gasteiger partial charge in [0, 0.05) is 72.1 Å². The third-order valence-electron chi connectivity index (χ3n) is 7.42. The fourth-order valence-electron chi connectivity index (χ4n) is 5.65. The van der Waals surface area contributed by atoms with Gasteiger partial charge in [-0.25, -0.2) is 9.59 Å². The first-order chi connectivity index (χ1) is 20.6. The van der Waals surface area contributed by atoms with E-state index in [0.717, 1.165) is 0 Å². The van der Waals surface area contributed by atoms with E-state index in [1.54, 1.807) is 65.8 Å². The molecule has 4 atom stereocenters. The summed E-state index contributed by atoms with van der Waals surface area (Å²) < 4.78 is 11.0. The zero-order valence-corrected chi connectivity index (χ0v) is 26.3. The smallest absolute Gasteiger partial charge is 0.410 e. The number of carbonyl (C=O) groups excluding carboxylic acids is 4. The van der Waals surface area contributed by atoms with Crippen LogP contribution in [0.5, 0.6) is 0 Å². The van der Waals surface area contributed by atoms with Crippen LogP contribution in [0.25, 0.3) is 20.9 Å². The predicted molar refractivity (Wildman–Crippen MR) is 162 cm³/mol. The van der Waals surface area contributed by atoms with Crippen molar-refractivity contribution in [2.45, 2.75) is 90.5 Å². The normalized spacial score (nSPS) is 21.7. The molecule has 2 aliphatic rings. The van der Waals surface area contributed by atoms with Crippen molar-refractivity contribution in [2.24, 2.45) is 22.1 Å². The quantitative estimate of drug-likeness (QED) is 0.122. The molecule has 2 fully saturated rings. The number of likely N-dealkylation sites (tertiary alicyclic amines) is 2. The lowest BCUT2D eigenvalue weighted by molar-refractivity contribution is 0.0216. The summed E-state index contributed by atoms with van der Waals surface area (Å²) in [5.74, 6) is -0.661. The molecule has 0 aliphatic carbocycles. The highest BCUT2D eigenvalue weighted by atomic mass is 16.6. The molecule has 0 aromatic heterocycles. The Bertz CT molecular complexity index is 1240. The van der Waals surface area contributed by atoms with Crippen LogP contribution in [0, 0.1) is 11.8 Å². The zero-order valence-electron chi connectivity index (χ0n) is 26.3. The van der Waals surface area contributed by atoms with Gasteiger partial charge in [0.15, 0.2) is 11.6 Å². The molecule has 0 radical (unpaired) electrons. The number of benzene rings is 1. The molecule has 2 amide bonds. The van der Waals surface area contributed by atoms with Crippen LogP contribution in [0.15, 0.2) is 34.5 Å². The minimum atomic E-state index is -0.695. The molecule has 1 aromatic carbocycles. The lowest BCUT2D eigenvalue weighted by Crippen LogP contribution is -2.41. The molecule has 2 saturated heterocycles. The van der Waals surface area contributed by atoms with E-state index < -0.39 is 23.4 Å². The molecule has 44 heavy (non-hydrogen) atoms. The van der Waals surface area contributed by atoms with E-state index in [0.29, 0.717) is 24.0 Å². The van der Waals surface area contributed by atoms with Crippen molar-refractivity contribution in [3.63, 3.8) is 0 Å². The molecule has 14 heteroatoms. The van der Waals surface area contributed by atoms with E-state index >= 15 is 0 Å². The maximum atomic E-state index is 13.3. The molecular formula is C30H42N8O6. The first kappa shape index (κ1) is 34.2. The summed E-state index contributed by atoms with van der Waals surface area (Å²) in [5.41, 5.74) is 17.0. The van der Waals surface area contributed by atoms with E-state index in [2.05, 4.69) is 20.1 Å². The number of Topliss-reactive ketones (excluding diaryl/α,β-unsaturated/α-hetero) is 2. The van der Waals surface area contributed by atoms with Gasteiger partial charge in [-0.05, 0) is 83.3 Å². The second-order valence-corrected chi connectivity index (χ2v) is 13.4. The highest BCUT2D eigenvalue weighted by Gasteiger charge is 2.39. The van der Waals surface area contributed by atoms with E-state index in [4.69, 9.17) is 20.5 Å². The molecule has 238 valence electrons. The van der Waals surface area contributed by atoms with Gasteiger partial charge in [-0.1, -0.05) is 28.4 Å². The van der Waals surface area contributed by atoms with Gasteiger partial charge in [-0.2, -0.15) is 0 Å². The second kappa shape index (κ2) is 14.5. The van der Waals surface area contributed by atoms with E-state index in [1.807, 2.05) is 0 Å².